The average Bonchev–Trinajstić information content (AvgIpc) is 3.31. The zero-order chi connectivity index (χ0) is 23.8. The minimum atomic E-state index is -0.950. The Balaban J connectivity index is 0.00000408. The van der Waals surface area contributed by atoms with E-state index in [-0.39, 0.29) is 19.8 Å². The maximum absolute atomic E-state index is 12.9. The van der Waals surface area contributed by atoms with E-state index in [1.807, 2.05) is 6.07 Å². The standard InChI is InChI=1S/C25H27NO7.CH4/c1-5-32-25(28)23(16-9-7-6-8-10-16)26-24(27)20-12-11-17(33-20)13-19-21(30-3)14-18(29-2)15-22(19)31-4;/h6-12,14-15,23H,5,13H2,1-4H3,(H,26,27);1H4. The fourth-order valence-corrected chi connectivity index (χ4v) is 3.37. The summed E-state index contributed by atoms with van der Waals surface area (Å²) < 4.78 is 27.1. The average molecular weight is 470 g/mol. The summed E-state index contributed by atoms with van der Waals surface area (Å²) in [5.41, 5.74) is 1.36. The highest BCUT2D eigenvalue weighted by molar-refractivity contribution is 5.95. The number of methoxy groups -OCH3 is 3. The van der Waals surface area contributed by atoms with Crippen LogP contribution < -0.4 is 19.5 Å². The molecule has 0 spiro atoms. The van der Waals surface area contributed by atoms with Gasteiger partial charge in [0.25, 0.3) is 5.91 Å². The Bertz CT molecular complexity index is 1070. The first-order chi connectivity index (χ1) is 16.0. The fourth-order valence-electron chi connectivity index (χ4n) is 3.37. The molecule has 1 heterocycles. The summed E-state index contributed by atoms with van der Waals surface area (Å²) in [5.74, 6) is 1.25. The summed E-state index contributed by atoms with van der Waals surface area (Å²) in [6.07, 6.45) is 0.323. The van der Waals surface area contributed by atoms with Gasteiger partial charge >= 0.3 is 5.97 Å². The quantitative estimate of drug-likeness (QED) is 0.435. The van der Waals surface area contributed by atoms with E-state index in [0.717, 1.165) is 5.56 Å². The van der Waals surface area contributed by atoms with E-state index in [1.54, 1.807) is 76.8 Å². The van der Waals surface area contributed by atoms with Gasteiger partial charge in [0.15, 0.2) is 11.8 Å². The van der Waals surface area contributed by atoms with Gasteiger partial charge in [-0.25, -0.2) is 4.79 Å². The summed E-state index contributed by atoms with van der Waals surface area (Å²) in [5, 5.41) is 2.70. The second-order valence-corrected chi connectivity index (χ2v) is 7.02. The van der Waals surface area contributed by atoms with Crippen molar-refractivity contribution in [2.24, 2.45) is 0 Å². The van der Waals surface area contributed by atoms with Gasteiger partial charge in [0, 0.05) is 24.1 Å². The topological polar surface area (TPSA) is 96.2 Å². The van der Waals surface area contributed by atoms with Crippen molar-refractivity contribution in [2.45, 2.75) is 26.8 Å². The normalized spacial score (nSPS) is 11.1. The third kappa shape index (κ3) is 6.10. The van der Waals surface area contributed by atoms with Crippen molar-refractivity contribution < 1.29 is 33.0 Å². The number of esters is 1. The summed E-state index contributed by atoms with van der Waals surface area (Å²) in [4.78, 5) is 25.3. The van der Waals surface area contributed by atoms with Crippen LogP contribution in [0.25, 0.3) is 0 Å². The summed E-state index contributed by atoms with van der Waals surface area (Å²) in [6.45, 7) is 1.91. The number of ether oxygens (including phenoxy) is 4. The van der Waals surface area contributed by atoms with Gasteiger partial charge < -0.3 is 28.7 Å². The van der Waals surface area contributed by atoms with Gasteiger partial charge in [0.2, 0.25) is 0 Å². The van der Waals surface area contributed by atoms with Gasteiger partial charge in [-0.3, -0.25) is 4.79 Å². The predicted molar refractivity (Wildman–Crippen MR) is 128 cm³/mol. The van der Waals surface area contributed by atoms with Crippen molar-refractivity contribution in [3.63, 3.8) is 0 Å². The molecular weight excluding hydrogens is 438 g/mol. The zero-order valence-electron chi connectivity index (χ0n) is 19.0. The van der Waals surface area contributed by atoms with Crippen LogP contribution in [0.1, 0.15) is 47.8 Å². The molecule has 1 atom stereocenters. The Kier molecular flexibility index (Phi) is 9.55. The van der Waals surface area contributed by atoms with E-state index in [4.69, 9.17) is 23.4 Å². The Hall–Kier alpha value is -3.94. The van der Waals surface area contributed by atoms with Gasteiger partial charge in [-0.05, 0) is 24.6 Å². The van der Waals surface area contributed by atoms with Crippen LogP contribution in [0, 0.1) is 0 Å². The number of nitrogens with one attached hydrogen (secondary N) is 1. The molecule has 34 heavy (non-hydrogen) atoms. The van der Waals surface area contributed by atoms with Crippen molar-refractivity contribution >= 4 is 11.9 Å². The third-order valence-electron chi connectivity index (χ3n) is 4.98. The molecule has 0 radical (unpaired) electrons. The Morgan fingerprint density at radius 1 is 0.941 bits per heavy atom. The lowest BCUT2D eigenvalue weighted by atomic mass is 10.1. The first kappa shape index (κ1) is 26.3. The highest BCUT2D eigenvalue weighted by Crippen LogP contribution is 2.35. The van der Waals surface area contributed by atoms with Crippen LogP contribution in [-0.2, 0) is 16.0 Å². The second kappa shape index (κ2) is 12.3. The minimum absolute atomic E-state index is 0. The molecular formula is C26H31NO7. The Labute approximate surface area is 199 Å². The molecule has 0 saturated carbocycles. The van der Waals surface area contributed by atoms with E-state index in [0.29, 0.717) is 35.0 Å². The SMILES string of the molecule is C.CCOC(=O)C(NC(=O)c1ccc(Cc2c(OC)cc(OC)cc2OC)o1)c1ccccc1. The van der Waals surface area contributed by atoms with Gasteiger partial charge in [0.1, 0.15) is 23.0 Å². The summed E-state index contributed by atoms with van der Waals surface area (Å²) >= 11 is 0. The molecule has 0 fully saturated rings. The summed E-state index contributed by atoms with van der Waals surface area (Å²) in [7, 11) is 4.67. The highest BCUT2D eigenvalue weighted by atomic mass is 16.5. The van der Waals surface area contributed by atoms with Crippen LogP contribution in [-0.4, -0.2) is 39.8 Å². The van der Waals surface area contributed by atoms with E-state index in [9.17, 15) is 9.59 Å². The molecule has 0 bridgehead atoms. The maximum atomic E-state index is 12.9. The molecule has 8 nitrogen and oxygen atoms in total. The molecule has 8 heteroatoms. The van der Waals surface area contributed by atoms with Crippen molar-refractivity contribution in [1.82, 2.24) is 5.32 Å². The van der Waals surface area contributed by atoms with Crippen LogP contribution in [0.5, 0.6) is 17.2 Å². The second-order valence-electron chi connectivity index (χ2n) is 7.02. The van der Waals surface area contributed by atoms with Crippen LogP contribution in [0.4, 0.5) is 0 Å². The molecule has 0 saturated heterocycles. The predicted octanol–water partition coefficient (Wildman–Crippen LogP) is 4.57. The van der Waals surface area contributed by atoms with E-state index in [2.05, 4.69) is 5.32 Å². The van der Waals surface area contributed by atoms with Crippen LogP contribution in [0.3, 0.4) is 0 Å². The monoisotopic (exact) mass is 469 g/mol. The molecule has 182 valence electrons. The smallest absolute Gasteiger partial charge is 0.333 e. The lowest BCUT2D eigenvalue weighted by molar-refractivity contribution is -0.145. The first-order valence-corrected chi connectivity index (χ1v) is 10.4. The number of hydrogen-bond acceptors (Lipinski definition) is 7. The van der Waals surface area contributed by atoms with Gasteiger partial charge in [-0.1, -0.05) is 37.8 Å². The number of benzene rings is 2. The van der Waals surface area contributed by atoms with Crippen LogP contribution >= 0.6 is 0 Å². The largest absolute Gasteiger partial charge is 0.496 e. The van der Waals surface area contributed by atoms with Crippen molar-refractivity contribution in [2.75, 3.05) is 27.9 Å². The molecule has 1 amide bonds. The van der Waals surface area contributed by atoms with E-state index < -0.39 is 17.9 Å². The van der Waals surface area contributed by atoms with Crippen LogP contribution in [0.2, 0.25) is 0 Å². The number of hydrogen-bond donors (Lipinski definition) is 1. The number of furan rings is 1. The third-order valence-corrected chi connectivity index (χ3v) is 4.98. The van der Waals surface area contributed by atoms with E-state index in [1.165, 1.54) is 0 Å². The van der Waals surface area contributed by atoms with Crippen LogP contribution in [0.15, 0.2) is 59.0 Å². The summed E-state index contributed by atoms with van der Waals surface area (Å²) in [6, 6.07) is 14.7. The molecule has 1 unspecified atom stereocenters. The van der Waals surface area contributed by atoms with Gasteiger partial charge in [-0.2, -0.15) is 0 Å². The van der Waals surface area contributed by atoms with Crippen molar-refractivity contribution in [3.05, 3.63) is 77.2 Å². The molecule has 0 aliphatic carbocycles. The molecule has 2 aromatic carbocycles. The lowest BCUT2D eigenvalue weighted by Gasteiger charge is -2.17. The molecule has 3 rings (SSSR count). The fraction of sp³-hybridized carbons (Fsp3) is 0.308. The highest BCUT2D eigenvalue weighted by Gasteiger charge is 2.26. The van der Waals surface area contributed by atoms with Gasteiger partial charge in [0.05, 0.1) is 27.9 Å². The molecule has 1 N–H and O–H groups in total. The van der Waals surface area contributed by atoms with Crippen molar-refractivity contribution in [3.8, 4) is 17.2 Å². The number of carbonyl (C=O) groups excluding carboxylic acids is 2. The first-order valence-electron chi connectivity index (χ1n) is 10.4. The molecule has 0 aliphatic rings. The number of carbonyl (C=O) groups is 2. The van der Waals surface area contributed by atoms with Crippen molar-refractivity contribution in [1.29, 1.82) is 0 Å². The van der Waals surface area contributed by atoms with E-state index >= 15 is 0 Å². The number of rotatable bonds is 10. The molecule has 3 aromatic rings. The Morgan fingerprint density at radius 3 is 2.15 bits per heavy atom. The minimum Gasteiger partial charge on any atom is -0.496 e. The Morgan fingerprint density at radius 2 is 1.59 bits per heavy atom. The number of amides is 1. The molecule has 1 aromatic heterocycles. The van der Waals surface area contributed by atoms with Gasteiger partial charge in [-0.15, -0.1) is 0 Å². The molecule has 0 aliphatic heterocycles. The maximum Gasteiger partial charge on any atom is 0.333 e. The lowest BCUT2D eigenvalue weighted by Crippen LogP contribution is -2.34. The zero-order valence-corrected chi connectivity index (χ0v) is 19.0.